The average molecular weight is 829 g/mol. The van der Waals surface area contributed by atoms with Gasteiger partial charge in [-0.2, -0.15) is 9.36 Å². The standard InChI is InChI=1S/C56H36N4S2/c1-3-13-37(14-4-1)40-17-11-19-42(33-40)44-27-31-47-48-32-28-45(43-20-12-18-41(34-43)38-15-5-2-6-16-38)36-52(48)59(51(47)35-44)46-29-25-39(26-30-46)55-57-56(58-62-55)60-49-21-7-9-23-53(49)61-54-24-10-8-22-50(54)60/h1-36H. The van der Waals surface area contributed by atoms with Gasteiger partial charge in [-0.1, -0.05) is 157 Å². The molecule has 0 aliphatic carbocycles. The van der Waals surface area contributed by atoms with Crippen molar-refractivity contribution < 1.29 is 0 Å². The maximum absolute atomic E-state index is 5.16. The van der Waals surface area contributed by atoms with E-state index in [-0.39, 0.29) is 0 Å². The molecule has 1 aliphatic rings. The average Bonchev–Trinajstić information content (AvgIpc) is 3.97. The lowest BCUT2D eigenvalue weighted by molar-refractivity contribution is 1.10. The van der Waals surface area contributed by atoms with E-state index in [1.165, 1.54) is 76.6 Å². The highest BCUT2D eigenvalue weighted by Crippen LogP contribution is 2.51. The van der Waals surface area contributed by atoms with Crippen LogP contribution in [0.15, 0.2) is 228 Å². The number of aromatic nitrogens is 3. The van der Waals surface area contributed by atoms with Crippen molar-refractivity contribution in [1.82, 2.24) is 13.9 Å². The Morgan fingerprint density at radius 2 is 0.790 bits per heavy atom. The number of hydrogen-bond acceptors (Lipinski definition) is 5. The van der Waals surface area contributed by atoms with Crippen molar-refractivity contribution in [3.63, 3.8) is 0 Å². The van der Waals surface area contributed by atoms with Gasteiger partial charge in [0, 0.05) is 31.8 Å². The Bertz CT molecular complexity index is 3260. The topological polar surface area (TPSA) is 34.0 Å². The van der Waals surface area contributed by atoms with E-state index in [1.807, 2.05) is 0 Å². The number of hydrogen-bond donors (Lipinski definition) is 0. The monoisotopic (exact) mass is 828 g/mol. The zero-order chi connectivity index (χ0) is 41.0. The van der Waals surface area contributed by atoms with E-state index in [0.717, 1.165) is 38.7 Å². The van der Waals surface area contributed by atoms with Crippen molar-refractivity contribution in [3.05, 3.63) is 218 Å². The van der Waals surface area contributed by atoms with Crippen LogP contribution in [0.25, 0.3) is 82.6 Å². The van der Waals surface area contributed by atoms with Crippen molar-refractivity contribution in [2.45, 2.75) is 9.79 Å². The Hall–Kier alpha value is -7.51. The Kier molecular flexibility index (Phi) is 8.91. The largest absolute Gasteiger partial charge is 0.309 e. The molecule has 6 heteroatoms. The van der Waals surface area contributed by atoms with E-state index in [2.05, 4.69) is 228 Å². The van der Waals surface area contributed by atoms with Gasteiger partial charge >= 0.3 is 0 Å². The second kappa shape index (κ2) is 15.2. The molecule has 292 valence electrons. The minimum absolute atomic E-state index is 0.685. The molecule has 0 saturated heterocycles. The first-order valence-electron chi connectivity index (χ1n) is 20.7. The van der Waals surface area contributed by atoms with Gasteiger partial charge in [0.1, 0.15) is 5.01 Å². The molecular weight excluding hydrogens is 793 g/mol. The van der Waals surface area contributed by atoms with Crippen LogP contribution in [0.3, 0.4) is 0 Å². The van der Waals surface area contributed by atoms with Gasteiger partial charge in [0.05, 0.1) is 22.4 Å². The summed E-state index contributed by atoms with van der Waals surface area (Å²) in [5, 5.41) is 3.31. The van der Waals surface area contributed by atoms with Crippen molar-refractivity contribution in [3.8, 4) is 60.8 Å². The summed E-state index contributed by atoms with van der Waals surface area (Å²) in [6.07, 6.45) is 0. The fourth-order valence-corrected chi connectivity index (χ4v) is 10.5. The molecule has 0 atom stereocenters. The maximum Gasteiger partial charge on any atom is 0.247 e. The van der Waals surface area contributed by atoms with E-state index in [4.69, 9.17) is 9.36 Å². The summed E-state index contributed by atoms with van der Waals surface area (Å²) in [7, 11) is 0. The lowest BCUT2D eigenvalue weighted by Crippen LogP contribution is -2.15. The summed E-state index contributed by atoms with van der Waals surface area (Å²) in [4.78, 5) is 9.73. The van der Waals surface area contributed by atoms with Gasteiger partial charge in [0.25, 0.3) is 0 Å². The summed E-state index contributed by atoms with van der Waals surface area (Å²) in [6, 6.07) is 78.5. The molecule has 3 heterocycles. The highest BCUT2D eigenvalue weighted by Gasteiger charge is 2.27. The SMILES string of the molecule is c1ccc(-c2cccc(-c3ccc4c5ccc(-c6cccc(-c7ccccc7)c6)cc5n(-c5ccc(-c6nc(N7c8ccccc8Sc8ccccc87)ns6)cc5)c4c3)c2)cc1. The molecule has 0 amide bonds. The van der Waals surface area contributed by atoms with Gasteiger partial charge in [0.15, 0.2) is 0 Å². The number of rotatable bonds is 7. The molecule has 0 fully saturated rings. The van der Waals surface area contributed by atoms with Crippen molar-refractivity contribution >= 4 is 62.4 Å². The molecule has 62 heavy (non-hydrogen) atoms. The summed E-state index contributed by atoms with van der Waals surface area (Å²) in [5.41, 5.74) is 16.2. The zero-order valence-corrected chi connectivity index (χ0v) is 35.0. The van der Waals surface area contributed by atoms with E-state index in [9.17, 15) is 0 Å². The molecule has 12 rings (SSSR count). The van der Waals surface area contributed by atoms with Gasteiger partial charge in [-0.3, -0.25) is 4.90 Å². The van der Waals surface area contributed by atoms with Crippen LogP contribution in [0.5, 0.6) is 0 Å². The van der Waals surface area contributed by atoms with Gasteiger partial charge in [-0.05, 0) is 129 Å². The van der Waals surface area contributed by atoms with Gasteiger partial charge in [0.2, 0.25) is 5.95 Å². The van der Waals surface area contributed by atoms with Gasteiger partial charge < -0.3 is 4.57 Å². The first-order valence-corrected chi connectivity index (χ1v) is 22.3. The molecule has 11 aromatic rings. The van der Waals surface area contributed by atoms with Crippen molar-refractivity contribution in [1.29, 1.82) is 0 Å². The highest BCUT2D eigenvalue weighted by molar-refractivity contribution is 7.99. The van der Waals surface area contributed by atoms with Crippen LogP contribution >= 0.6 is 23.3 Å². The number of anilines is 3. The van der Waals surface area contributed by atoms with Crippen LogP contribution in [0, 0.1) is 0 Å². The molecular formula is C56H36N4S2. The van der Waals surface area contributed by atoms with Crippen molar-refractivity contribution in [2.24, 2.45) is 0 Å². The predicted molar refractivity (Wildman–Crippen MR) is 260 cm³/mol. The molecule has 0 radical (unpaired) electrons. The summed E-state index contributed by atoms with van der Waals surface area (Å²) < 4.78 is 7.36. The van der Waals surface area contributed by atoms with E-state index < -0.39 is 0 Å². The highest BCUT2D eigenvalue weighted by atomic mass is 32.2. The normalized spacial score (nSPS) is 12.1. The fourth-order valence-electron chi connectivity index (χ4n) is 8.77. The predicted octanol–water partition coefficient (Wildman–Crippen LogP) is 15.9. The van der Waals surface area contributed by atoms with Crippen molar-refractivity contribution in [2.75, 3.05) is 4.90 Å². The molecule has 2 aromatic heterocycles. The lowest BCUT2D eigenvalue weighted by atomic mass is 9.97. The molecule has 4 nitrogen and oxygen atoms in total. The third-order valence-corrected chi connectivity index (χ3v) is 13.7. The fraction of sp³-hybridized carbons (Fsp3) is 0. The van der Waals surface area contributed by atoms with E-state index in [0.29, 0.717) is 5.95 Å². The first kappa shape index (κ1) is 36.4. The Balaban J connectivity index is 0.973. The summed E-state index contributed by atoms with van der Waals surface area (Å²) in [5.74, 6) is 0.685. The molecule has 0 unspecified atom stereocenters. The third-order valence-electron chi connectivity index (χ3n) is 11.8. The van der Waals surface area contributed by atoms with Crippen LogP contribution < -0.4 is 4.90 Å². The molecule has 0 saturated carbocycles. The number of benzene rings is 9. The quantitative estimate of drug-likeness (QED) is 0.160. The Labute approximate surface area is 368 Å². The lowest BCUT2D eigenvalue weighted by Gasteiger charge is -2.30. The minimum atomic E-state index is 0.685. The maximum atomic E-state index is 5.16. The Morgan fingerprint density at radius 3 is 1.32 bits per heavy atom. The molecule has 0 spiro atoms. The molecule has 0 bridgehead atoms. The number of fused-ring (bicyclic) bond motifs is 5. The van der Waals surface area contributed by atoms with E-state index >= 15 is 0 Å². The Morgan fingerprint density at radius 1 is 0.355 bits per heavy atom. The van der Waals surface area contributed by atoms with Crippen LogP contribution in [0.2, 0.25) is 0 Å². The van der Waals surface area contributed by atoms with Crippen LogP contribution in [0.1, 0.15) is 0 Å². The van der Waals surface area contributed by atoms with Crippen LogP contribution in [0.4, 0.5) is 17.3 Å². The second-order valence-corrected chi connectivity index (χ2v) is 17.3. The van der Waals surface area contributed by atoms with E-state index in [1.54, 1.807) is 11.8 Å². The first-order chi connectivity index (χ1) is 30.7. The summed E-state index contributed by atoms with van der Waals surface area (Å²) >= 11 is 3.22. The van der Waals surface area contributed by atoms with Gasteiger partial charge in [-0.25, -0.2) is 0 Å². The third kappa shape index (κ3) is 6.40. The smallest absolute Gasteiger partial charge is 0.247 e. The molecule has 9 aromatic carbocycles. The summed E-state index contributed by atoms with van der Waals surface area (Å²) in [6.45, 7) is 0. The number of nitrogens with zero attached hydrogens (tertiary/aromatic N) is 4. The van der Waals surface area contributed by atoms with Crippen LogP contribution in [-0.2, 0) is 0 Å². The minimum Gasteiger partial charge on any atom is -0.309 e. The molecule has 0 N–H and O–H groups in total. The second-order valence-electron chi connectivity index (χ2n) is 15.5. The molecule has 1 aliphatic heterocycles. The number of para-hydroxylation sites is 2. The van der Waals surface area contributed by atoms with Gasteiger partial charge in [-0.15, -0.1) is 0 Å². The zero-order valence-electron chi connectivity index (χ0n) is 33.4. The van der Waals surface area contributed by atoms with Crippen LogP contribution in [-0.4, -0.2) is 13.9 Å².